The number of carbonyl (C=O) groups excluding carboxylic acids is 1. The van der Waals surface area contributed by atoms with Crippen molar-refractivity contribution in [2.75, 3.05) is 19.6 Å². The van der Waals surface area contributed by atoms with E-state index in [1.54, 1.807) is 17.0 Å². The topological polar surface area (TPSA) is 75.8 Å². The van der Waals surface area contributed by atoms with Gasteiger partial charge >= 0.3 is 6.09 Å². The van der Waals surface area contributed by atoms with Gasteiger partial charge in [0.25, 0.3) is 0 Å². The lowest BCUT2D eigenvalue weighted by atomic mass is 9.81. The molecule has 0 aliphatic carbocycles. The first-order valence-corrected chi connectivity index (χ1v) is 8.27. The number of nitrogens with zero attached hydrogens (tertiary/aromatic N) is 1. The second-order valence-corrected chi connectivity index (χ2v) is 7.26. The van der Waals surface area contributed by atoms with Gasteiger partial charge < -0.3 is 20.5 Å². The lowest BCUT2D eigenvalue weighted by Crippen LogP contribution is -2.44. The number of carbonyl (C=O) groups is 1. The lowest BCUT2D eigenvalue weighted by Gasteiger charge is -2.37. The molecular formula is C18H28N2O3. The quantitative estimate of drug-likeness (QED) is 0.897. The van der Waals surface area contributed by atoms with Crippen LogP contribution in [-0.2, 0) is 4.74 Å². The fourth-order valence-electron chi connectivity index (χ4n) is 3.15. The van der Waals surface area contributed by atoms with E-state index in [1.165, 1.54) is 0 Å². The zero-order valence-electron chi connectivity index (χ0n) is 14.3. The van der Waals surface area contributed by atoms with Crippen molar-refractivity contribution in [3.63, 3.8) is 0 Å². The second kappa shape index (κ2) is 7.21. The minimum atomic E-state index is -0.478. The largest absolute Gasteiger partial charge is 0.508 e. The monoisotopic (exact) mass is 320 g/mol. The van der Waals surface area contributed by atoms with Crippen molar-refractivity contribution in [1.82, 2.24) is 4.90 Å². The summed E-state index contributed by atoms with van der Waals surface area (Å²) in [6.45, 7) is 7.57. The second-order valence-electron chi connectivity index (χ2n) is 7.26. The summed E-state index contributed by atoms with van der Waals surface area (Å²) in [7, 11) is 0. The number of likely N-dealkylation sites (tertiary alicyclic amines) is 1. The summed E-state index contributed by atoms with van der Waals surface area (Å²) >= 11 is 0. The highest BCUT2D eigenvalue weighted by Crippen LogP contribution is 2.32. The van der Waals surface area contributed by atoms with Crippen LogP contribution in [0.15, 0.2) is 24.3 Å². The lowest BCUT2D eigenvalue weighted by molar-refractivity contribution is 0.0152. The molecule has 1 fully saturated rings. The minimum Gasteiger partial charge on any atom is -0.508 e. The molecule has 1 aromatic rings. The van der Waals surface area contributed by atoms with Crippen LogP contribution < -0.4 is 5.73 Å². The van der Waals surface area contributed by atoms with Crippen molar-refractivity contribution in [2.24, 2.45) is 11.7 Å². The Hall–Kier alpha value is -1.75. The number of benzene rings is 1. The minimum absolute atomic E-state index is 0.181. The van der Waals surface area contributed by atoms with Crippen LogP contribution in [0.1, 0.15) is 45.1 Å². The molecule has 0 bridgehead atoms. The van der Waals surface area contributed by atoms with Gasteiger partial charge in [0, 0.05) is 19.0 Å². The van der Waals surface area contributed by atoms with Gasteiger partial charge in [0.1, 0.15) is 11.4 Å². The third-order valence-corrected chi connectivity index (χ3v) is 4.25. The molecule has 1 heterocycles. The maximum Gasteiger partial charge on any atom is 0.410 e. The van der Waals surface area contributed by atoms with Crippen molar-refractivity contribution in [2.45, 2.75) is 45.1 Å². The number of hydrogen-bond acceptors (Lipinski definition) is 4. The van der Waals surface area contributed by atoms with Crippen molar-refractivity contribution in [3.8, 4) is 5.75 Å². The Morgan fingerprint density at radius 2 is 2.04 bits per heavy atom. The van der Waals surface area contributed by atoms with Crippen molar-refractivity contribution in [3.05, 3.63) is 29.8 Å². The Labute approximate surface area is 138 Å². The average Bonchev–Trinajstić information content (AvgIpc) is 2.48. The molecule has 3 N–H and O–H groups in total. The van der Waals surface area contributed by atoms with Gasteiger partial charge in [-0.15, -0.1) is 0 Å². The van der Waals surface area contributed by atoms with Crippen molar-refractivity contribution in [1.29, 1.82) is 0 Å². The van der Waals surface area contributed by atoms with Crippen LogP contribution >= 0.6 is 0 Å². The molecule has 0 aromatic heterocycles. The number of nitrogens with two attached hydrogens (primary N) is 1. The SMILES string of the molecule is CC(C)(C)OC(=O)N1CCCC(C(CN)c2ccc(O)cc2)C1. The summed E-state index contributed by atoms with van der Waals surface area (Å²) in [5.41, 5.74) is 6.63. The van der Waals surface area contributed by atoms with Gasteiger partial charge in [0.2, 0.25) is 0 Å². The molecule has 128 valence electrons. The number of phenolic OH excluding ortho intramolecular Hbond substituents is 1. The van der Waals surface area contributed by atoms with Crippen LogP contribution in [0, 0.1) is 5.92 Å². The fourth-order valence-corrected chi connectivity index (χ4v) is 3.15. The van der Waals surface area contributed by atoms with Gasteiger partial charge in [-0.25, -0.2) is 4.79 Å². The Morgan fingerprint density at radius 1 is 1.39 bits per heavy atom. The molecule has 2 atom stereocenters. The van der Waals surface area contributed by atoms with Gasteiger partial charge in [-0.2, -0.15) is 0 Å². The third kappa shape index (κ3) is 4.86. The van der Waals surface area contributed by atoms with Crippen LogP contribution in [0.2, 0.25) is 0 Å². The molecule has 1 amide bonds. The van der Waals surface area contributed by atoms with Crippen LogP contribution in [0.5, 0.6) is 5.75 Å². The standard InChI is InChI=1S/C18H28N2O3/c1-18(2,3)23-17(22)20-10-4-5-14(12-20)16(11-19)13-6-8-15(21)9-7-13/h6-9,14,16,21H,4-5,10-12,19H2,1-3H3. The van der Waals surface area contributed by atoms with E-state index in [0.717, 1.165) is 24.9 Å². The summed E-state index contributed by atoms with van der Waals surface area (Å²) in [6.07, 6.45) is 1.75. The first-order chi connectivity index (χ1) is 10.8. The first kappa shape index (κ1) is 17.6. The number of rotatable bonds is 3. The summed E-state index contributed by atoms with van der Waals surface area (Å²) < 4.78 is 5.48. The Balaban J connectivity index is 2.06. The molecule has 0 saturated carbocycles. The summed E-state index contributed by atoms with van der Waals surface area (Å²) in [6, 6.07) is 7.21. The van der Waals surface area contributed by atoms with Crippen molar-refractivity contribution >= 4 is 6.09 Å². The third-order valence-electron chi connectivity index (χ3n) is 4.25. The van der Waals surface area contributed by atoms with E-state index in [9.17, 15) is 9.90 Å². The number of piperidine rings is 1. The van der Waals surface area contributed by atoms with Gasteiger partial charge in [-0.05, 0) is 63.8 Å². The number of hydrogen-bond donors (Lipinski definition) is 2. The number of phenols is 1. The fraction of sp³-hybridized carbons (Fsp3) is 0.611. The highest BCUT2D eigenvalue weighted by Gasteiger charge is 2.31. The maximum absolute atomic E-state index is 12.3. The molecule has 2 rings (SSSR count). The Bertz CT molecular complexity index is 522. The average molecular weight is 320 g/mol. The van der Waals surface area contributed by atoms with E-state index in [4.69, 9.17) is 10.5 Å². The summed E-state index contributed by atoms with van der Waals surface area (Å²) in [5, 5.41) is 9.44. The van der Waals surface area contributed by atoms with Crippen LogP contribution in [0.25, 0.3) is 0 Å². The van der Waals surface area contributed by atoms with E-state index < -0.39 is 5.60 Å². The number of aromatic hydroxyl groups is 1. The van der Waals surface area contributed by atoms with Crippen LogP contribution in [0.3, 0.4) is 0 Å². The van der Waals surface area contributed by atoms with Gasteiger partial charge in [-0.1, -0.05) is 12.1 Å². The molecule has 5 heteroatoms. The molecule has 5 nitrogen and oxygen atoms in total. The van der Waals surface area contributed by atoms with E-state index in [1.807, 2.05) is 32.9 Å². The number of ether oxygens (including phenoxy) is 1. The molecular weight excluding hydrogens is 292 g/mol. The molecule has 1 aliphatic heterocycles. The Morgan fingerprint density at radius 3 is 2.61 bits per heavy atom. The van der Waals surface area contributed by atoms with Crippen molar-refractivity contribution < 1.29 is 14.6 Å². The predicted octanol–water partition coefficient (Wildman–Crippen LogP) is 3.08. The molecule has 1 aromatic carbocycles. The smallest absolute Gasteiger partial charge is 0.410 e. The summed E-state index contributed by atoms with van der Waals surface area (Å²) in [4.78, 5) is 14.1. The van der Waals surface area contributed by atoms with Crippen LogP contribution in [0.4, 0.5) is 4.79 Å². The van der Waals surface area contributed by atoms with Gasteiger partial charge in [0.05, 0.1) is 0 Å². The molecule has 1 saturated heterocycles. The van der Waals surface area contributed by atoms with E-state index in [0.29, 0.717) is 19.0 Å². The molecule has 1 aliphatic rings. The summed E-state index contributed by atoms with van der Waals surface area (Å²) in [5.74, 6) is 0.746. The van der Waals surface area contributed by atoms with E-state index >= 15 is 0 Å². The number of amides is 1. The van der Waals surface area contributed by atoms with E-state index in [2.05, 4.69) is 0 Å². The predicted molar refractivity (Wildman–Crippen MR) is 90.4 cm³/mol. The van der Waals surface area contributed by atoms with Crippen LogP contribution in [-0.4, -0.2) is 41.3 Å². The van der Waals surface area contributed by atoms with E-state index in [-0.39, 0.29) is 17.8 Å². The Kier molecular flexibility index (Phi) is 5.52. The van der Waals surface area contributed by atoms with Gasteiger partial charge in [-0.3, -0.25) is 0 Å². The highest BCUT2D eigenvalue weighted by atomic mass is 16.6. The highest BCUT2D eigenvalue weighted by molar-refractivity contribution is 5.68. The molecule has 2 unspecified atom stereocenters. The molecule has 0 radical (unpaired) electrons. The first-order valence-electron chi connectivity index (χ1n) is 8.27. The molecule has 23 heavy (non-hydrogen) atoms. The van der Waals surface area contributed by atoms with Gasteiger partial charge in [0.15, 0.2) is 0 Å². The maximum atomic E-state index is 12.3. The zero-order chi connectivity index (χ0) is 17.0. The normalized spacial score (nSPS) is 20.2. The molecule has 0 spiro atoms. The zero-order valence-corrected chi connectivity index (χ0v) is 14.3.